The van der Waals surface area contributed by atoms with Crippen LogP contribution in [0.3, 0.4) is 0 Å². The lowest BCUT2D eigenvalue weighted by atomic mass is 9.99. The van der Waals surface area contributed by atoms with Crippen LogP contribution in [0, 0.1) is 11.3 Å². The normalized spacial score (nSPS) is 17.7. The molecule has 110 valence electrons. The Bertz CT molecular complexity index is 604. The van der Waals surface area contributed by atoms with Gasteiger partial charge < -0.3 is 10.6 Å². The van der Waals surface area contributed by atoms with E-state index >= 15 is 0 Å². The lowest BCUT2D eigenvalue weighted by molar-refractivity contribution is -0.136. The highest BCUT2D eigenvalue weighted by molar-refractivity contribution is 5.94. The number of hydrogen-bond acceptors (Lipinski definition) is 4. The first-order valence-corrected chi connectivity index (χ1v) is 6.77. The lowest BCUT2D eigenvalue weighted by Crippen LogP contribution is -2.62. The number of hydrogen-bond donors (Lipinski definition) is 2. The van der Waals surface area contributed by atoms with E-state index in [2.05, 4.69) is 10.6 Å². The summed E-state index contributed by atoms with van der Waals surface area (Å²) < 4.78 is 0. The minimum atomic E-state index is -0.718. The first-order valence-electron chi connectivity index (χ1n) is 6.77. The van der Waals surface area contributed by atoms with Gasteiger partial charge in [-0.2, -0.15) is 5.26 Å². The van der Waals surface area contributed by atoms with Crippen LogP contribution in [0.4, 0.5) is 5.69 Å². The molecule has 1 aromatic carbocycles. The van der Waals surface area contributed by atoms with Gasteiger partial charge in [0, 0.05) is 13.1 Å². The minimum Gasteiger partial charge on any atom is -0.353 e. The number of carbonyl (C=O) groups excluding carboxylic acids is 2. The molecule has 2 rings (SSSR count). The molecule has 21 heavy (non-hydrogen) atoms. The van der Waals surface area contributed by atoms with Crippen molar-refractivity contribution in [3.63, 3.8) is 0 Å². The molecule has 0 radical (unpaired) electrons. The van der Waals surface area contributed by atoms with Crippen molar-refractivity contribution in [2.24, 2.45) is 0 Å². The smallest absolute Gasteiger partial charge is 0.240 e. The summed E-state index contributed by atoms with van der Waals surface area (Å²) in [7, 11) is 0. The largest absolute Gasteiger partial charge is 0.353 e. The van der Waals surface area contributed by atoms with E-state index in [0.29, 0.717) is 24.3 Å². The fraction of sp³-hybridized carbons (Fsp3) is 0.400. The van der Waals surface area contributed by atoms with Gasteiger partial charge in [-0.15, -0.1) is 0 Å². The predicted octanol–water partition coefficient (Wildman–Crippen LogP) is 0.707. The van der Waals surface area contributed by atoms with E-state index in [-0.39, 0.29) is 18.4 Å². The van der Waals surface area contributed by atoms with E-state index in [1.807, 2.05) is 11.0 Å². The Morgan fingerprint density at radius 2 is 2.19 bits per heavy atom. The topological polar surface area (TPSA) is 85.2 Å². The zero-order chi connectivity index (χ0) is 15.5. The number of amides is 2. The molecule has 0 spiro atoms. The number of nitriles is 1. The molecule has 1 heterocycles. The predicted molar refractivity (Wildman–Crippen MR) is 78.4 cm³/mol. The van der Waals surface area contributed by atoms with E-state index in [1.165, 1.54) is 0 Å². The van der Waals surface area contributed by atoms with Crippen LogP contribution in [0.2, 0.25) is 0 Å². The average molecular weight is 286 g/mol. The first-order chi connectivity index (χ1) is 9.95. The molecule has 0 aliphatic carbocycles. The molecule has 1 aliphatic heterocycles. The summed E-state index contributed by atoms with van der Waals surface area (Å²) in [4.78, 5) is 25.8. The summed E-state index contributed by atoms with van der Waals surface area (Å²) in [5.41, 5.74) is 0.190. The number of carbonyl (C=O) groups is 2. The highest BCUT2D eigenvalue weighted by atomic mass is 16.2. The maximum absolute atomic E-state index is 12.1. The monoisotopic (exact) mass is 286 g/mol. The molecular weight excluding hydrogens is 268 g/mol. The average Bonchev–Trinajstić information content (AvgIpc) is 2.45. The van der Waals surface area contributed by atoms with Gasteiger partial charge in [-0.25, -0.2) is 0 Å². The van der Waals surface area contributed by atoms with Crippen molar-refractivity contribution in [2.75, 3.05) is 25.0 Å². The van der Waals surface area contributed by atoms with Crippen molar-refractivity contribution in [2.45, 2.75) is 19.4 Å². The third kappa shape index (κ3) is 3.20. The molecular formula is C15H18N4O2. The lowest BCUT2D eigenvalue weighted by Gasteiger charge is -2.40. The number of anilines is 1. The summed E-state index contributed by atoms with van der Waals surface area (Å²) in [5.74, 6) is -0.320. The molecule has 0 atom stereocenters. The van der Waals surface area contributed by atoms with Crippen molar-refractivity contribution >= 4 is 17.5 Å². The summed E-state index contributed by atoms with van der Waals surface area (Å²) in [6, 6.07) is 8.87. The van der Waals surface area contributed by atoms with Crippen molar-refractivity contribution in [1.82, 2.24) is 10.2 Å². The molecule has 1 aliphatic rings. The standard InChI is InChI=1S/C15H18N4O2/c1-15(2)14(21)17-7-8-19(15)10-13(20)18-12-6-4-3-5-11(12)9-16/h3-6H,7-8,10H2,1-2H3,(H,17,21)(H,18,20). The third-order valence-electron chi connectivity index (χ3n) is 3.67. The summed E-state index contributed by atoms with van der Waals surface area (Å²) in [6.45, 7) is 4.84. The van der Waals surface area contributed by atoms with Crippen LogP contribution in [-0.2, 0) is 9.59 Å². The van der Waals surface area contributed by atoms with Gasteiger partial charge in [0.05, 0.1) is 23.3 Å². The van der Waals surface area contributed by atoms with Gasteiger partial charge in [0.25, 0.3) is 0 Å². The second kappa shape index (κ2) is 5.94. The first kappa shape index (κ1) is 15.0. The van der Waals surface area contributed by atoms with Gasteiger partial charge in [-0.1, -0.05) is 12.1 Å². The van der Waals surface area contributed by atoms with Gasteiger partial charge >= 0.3 is 0 Å². The van der Waals surface area contributed by atoms with Crippen LogP contribution in [0.25, 0.3) is 0 Å². The van der Waals surface area contributed by atoms with Crippen molar-refractivity contribution in [3.05, 3.63) is 29.8 Å². The zero-order valence-corrected chi connectivity index (χ0v) is 12.1. The van der Waals surface area contributed by atoms with E-state index < -0.39 is 5.54 Å². The molecule has 6 heteroatoms. The number of rotatable bonds is 3. The van der Waals surface area contributed by atoms with Gasteiger partial charge in [0.2, 0.25) is 11.8 Å². The molecule has 1 fully saturated rings. The molecule has 6 nitrogen and oxygen atoms in total. The Morgan fingerprint density at radius 3 is 2.90 bits per heavy atom. The Hall–Kier alpha value is -2.39. The fourth-order valence-electron chi connectivity index (χ4n) is 2.27. The van der Waals surface area contributed by atoms with Gasteiger partial charge in [0.15, 0.2) is 0 Å². The van der Waals surface area contributed by atoms with Crippen molar-refractivity contribution < 1.29 is 9.59 Å². The Kier molecular flexibility index (Phi) is 4.24. The number of benzene rings is 1. The highest BCUT2D eigenvalue weighted by Gasteiger charge is 2.38. The molecule has 0 saturated carbocycles. The molecule has 1 saturated heterocycles. The van der Waals surface area contributed by atoms with E-state index in [1.54, 1.807) is 38.1 Å². The number of nitrogens with zero attached hydrogens (tertiary/aromatic N) is 2. The Morgan fingerprint density at radius 1 is 1.48 bits per heavy atom. The molecule has 2 amide bonds. The van der Waals surface area contributed by atoms with Gasteiger partial charge in [-0.05, 0) is 26.0 Å². The molecule has 0 unspecified atom stereocenters. The Balaban J connectivity index is 2.05. The quantitative estimate of drug-likeness (QED) is 0.857. The SMILES string of the molecule is CC1(C)C(=O)NCCN1CC(=O)Nc1ccccc1C#N. The van der Waals surface area contributed by atoms with Crippen LogP contribution in [0.5, 0.6) is 0 Å². The number of piperazine rings is 1. The van der Waals surface area contributed by atoms with Gasteiger partial charge in [-0.3, -0.25) is 14.5 Å². The van der Waals surface area contributed by atoms with E-state index in [0.717, 1.165) is 0 Å². The van der Waals surface area contributed by atoms with E-state index in [4.69, 9.17) is 5.26 Å². The van der Waals surface area contributed by atoms with Crippen LogP contribution >= 0.6 is 0 Å². The molecule has 1 aromatic rings. The molecule has 0 bridgehead atoms. The number of para-hydroxylation sites is 1. The van der Waals surface area contributed by atoms with Crippen molar-refractivity contribution in [3.8, 4) is 6.07 Å². The second-order valence-corrected chi connectivity index (χ2v) is 5.44. The van der Waals surface area contributed by atoms with Crippen molar-refractivity contribution in [1.29, 1.82) is 5.26 Å². The summed E-state index contributed by atoms with van der Waals surface area (Å²) >= 11 is 0. The fourth-order valence-corrected chi connectivity index (χ4v) is 2.27. The maximum atomic E-state index is 12.1. The third-order valence-corrected chi connectivity index (χ3v) is 3.67. The Labute approximate surface area is 123 Å². The number of nitrogens with one attached hydrogen (secondary N) is 2. The van der Waals surface area contributed by atoms with Crippen LogP contribution in [0.15, 0.2) is 24.3 Å². The highest BCUT2D eigenvalue weighted by Crippen LogP contribution is 2.18. The van der Waals surface area contributed by atoms with Crippen LogP contribution < -0.4 is 10.6 Å². The molecule has 0 aromatic heterocycles. The zero-order valence-electron chi connectivity index (χ0n) is 12.1. The maximum Gasteiger partial charge on any atom is 0.240 e. The summed E-state index contributed by atoms with van der Waals surface area (Å²) in [5, 5.41) is 14.5. The van der Waals surface area contributed by atoms with Gasteiger partial charge in [0.1, 0.15) is 6.07 Å². The van der Waals surface area contributed by atoms with Crippen LogP contribution in [-0.4, -0.2) is 41.9 Å². The van der Waals surface area contributed by atoms with E-state index in [9.17, 15) is 9.59 Å². The molecule has 2 N–H and O–H groups in total. The minimum absolute atomic E-state index is 0.0843. The summed E-state index contributed by atoms with van der Waals surface area (Å²) in [6.07, 6.45) is 0. The van der Waals surface area contributed by atoms with Crippen LogP contribution in [0.1, 0.15) is 19.4 Å². The second-order valence-electron chi connectivity index (χ2n) is 5.44.